The van der Waals surface area contributed by atoms with E-state index in [1.165, 1.54) is 0 Å². The van der Waals surface area contributed by atoms with Crippen molar-refractivity contribution < 1.29 is 44.0 Å². The van der Waals surface area contributed by atoms with Gasteiger partial charge in [-0.2, -0.15) is 0 Å². The highest BCUT2D eigenvalue weighted by Crippen LogP contribution is 2.23. The van der Waals surface area contributed by atoms with Gasteiger partial charge in [0.1, 0.15) is 25.0 Å². The maximum atomic E-state index is 12.5. The van der Waals surface area contributed by atoms with E-state index in [9.17, 15) is 29.1 Å². The Morgan fingerprint density at radius 2 is 1.74 bits per heavy atom. The van der Waals surface area contributed by atoms with Crippen LogP contribution in [0.25, 0.3) is 0 Å². The van der Waals surface area contributed by atoms with Crippen LogP contribution >= 0.6 is 0 Å². The first-order chi connectivity index (χ1) is 19.6. The van der Waals surface area contributed by atoms with Crippen molar-refractivity contribution in [3.8, 4) is 0 Å². The largest absolute Gasteiger partial charge is 0.480 e. The summed E-state index contributed by atoms with van der Waals surface area (Å²) in [6.45, 7) is 11.0. The Morgan fingerprint density at radius 3 is 2.33 bits per heavy atom. The summed E-state index contributed by atoms with van der Waals surface area (Å²) >= 11 is 0. The molecular weight excluding hydrogens is 552 g/mol. The SMILES string of the molecule is CCN(Cc1nccn1CC(=O)O)C(C)(C)CCOC(C)(C)CC(=O)NCCCCC(NC(=O)NCC(=O)O)C(=O)O. The van der Waals surface area contributed by atoms with Crippen LogP contribution in [0.1, 0.15) is 72.5 Å². The highest BCUT2D eigenvalue weighted by atomic mass is 16.5. The summed E-state index contributed by atoms with van der Waals surface area (Å²) in [5.74, 6) is -2.96. The van der Waals surface area contributed by atoms with Gasteiger partial charge in [0.25, 0.3) is 0 Å². The number of carboxylic acids is 3. The molecule has 3 amide bonds. The molecule has 1 unspecified atom stereocenters. The molecule has 6 N–H and O–H groups in total. The van der Waals surface area contributed by atoms with E-state index in [4.69, 9.17) is 14.9 Å². The number of carbonyl (C=O) groups excluding carboxylic acids is 2. The van der Waals surface area contributed by atoms with Crippen molar-refractivity contribution in [3.63, 3.8) is 0 Å². The summed E-state index contributed by atoms with van der Waals surface area (Å²) in [5, 5.41) is 34.0. The summed E-state index contributed by atoms with van der Waals surface area (Å²) in [6.07, 6.45) is 5.05. The molecule has 0 aliphatic heterocycles. The predicted octanol–water partition coefficient (Wildman–Crippen LogP) is 1.27. The average Bonchev–Trinajstić information content (AvgIpc) is 3.29. The first kappa shape index (κ1) is 36.3. The third-order valence-electron chi connectivity index (χ3n) is 6.72. The van der Waals surface area contributed by atoms with Crippen molar-refractivity contribution in [1.82, 2.24) is 30.4 Å². The topological polar surface area (TPSA) is 212 Å². The molecule has 0 spiro atoms. The molecule has 1 rings (SSSR count). The van der Waals surface area contributed by atoms with Crippen molar-refractivity contribution in [2.45, 2.75) is 97.0 Å². The number of amides is 3. The van der Waals surface area contributed by atoms with E-state index >= 15 is 0 Å². The summed E-state index contributed by atoms with van der Waals surface area (Å²) in [4.78, 5) is 63.6. The lowest BCUT2D eigenvalue weighted by atomic mass is 9.97. The van der Waals surface area contributed by atoms with E-state index in [-0.39, 0.29) is 30.8 Å². The van der Waals surface area contributed by atoms with E-state index in [0.29, 0.717) is 44.8 Å². The number of nitrogens with one attached hydrogen (secondary N) is 3. The van der Waals surface area contributed by atoms with Gasteiger partial charge < -0.3 is 40.6 Å². The second kappa shape index (κ2) is 17.3. The molecule has 1 heterocycles. The van der Waals surface area contributed by atoms with Crippen LogP contribution in [0, 0.1) is 0 Å². The van der Waals surface area contributed by atoms with Gasteiger partial charge in [-0.1, -0.05) is 6.92 Å². The molecular formula is C27H46N6O9. The van der Waals surface area contributed by atoms with Gasteiger partial charge in [0, 0.05) is 31.1 Å². The first-order valence-corrected chi connectivity index (χ1v) is 13.9. The number of rotatable bonds is 21. The quantitative estimate of drug-likeness (QED) is 0.111. The number of carboxylic acid groups (broad SMARTS) is 3. The lowest BCUT2D eigenvalue weighted by Gasteiger charge is -2.38. The molecule has 238 valence electrons. The molecule has 0 fully saturated rings. The van der Waals surface area contributed by atoms with Crippen LogP contribution < -0.4 is 16.0 Å². The van der Waals surface area contributed by atoms with Crippen LogP contribution in [0.3, 0.4) is 0 Å². The number of hydrogen-bond donors (Lipinski definition) is 6. The maximum Gasteiger partial charge on any atom is 0.326 e. The van der Waals surface area contributed by atoms with E-state index in [2.05, 4.69) is 34.4 Å². The van der Waals surface area contributed by atoms with Gasteiger partial charge in [-0.05, 0) is 59.9 Å². The fraction of sp³-hybridized carbons (Fsp3) is 0.704. The molecule has 1 atom stereocenters. The Bertz CT molecular complexity index is 1060. The normalized spacial score (nSPS) is 12.5. The Kier molecular flexibility index (Phi) is 14.9. The van der Waals surface area contributed by atoms with Gasteiger partial charge >= 0.3 is 23.9 Å². The highest BCUT2D eigenvalue weighted by Gasteiger charge is 2.29. The fourth-order valence-electron chi connectivity index (χ4n) is 4.27. The smallest absolute Gasteiger partial charge is 0.326 e. The number of hydrogen-bond acceptors (Lipinski definition) is 8. The first-order valence-electron chi connectivity index (χ1n) is 13.9. The number of aliphatic carboxylic acids is 3. The molecule has 15 heteroatoms. The van der Waals surface area contributed by atoms with Gasteiger partial charge in [0.2, 0.25) is 5.91 Å². The van der Waals surface area contributed by atoms with Gasteiger partial charge in [-0.25, -0.2) is 14.6 Å². The molecule has 0 radical (unpaired) electrons. The Labute approximate surface area is 246 Å². The van der Waals surface area contributed by atoms with Crippen molar-refractivity contribution in [1.29, 1.82) is 0 Å². The van der Waals surface area contributed by atoms with Crippen molar-refractivity contribution in [2.24, 2.45) is 0 Å². The zero-order chi connectivity index (χ0) is 31.9. The molecule has 0 aliphatic carbocycles. The number of ether oxygens (including phenoxy) is 1. The maximum absolute atomic E-state index is 12.5. The van der Waals surface area contributed by atoms with Gasteiger partial charge in [-0.3, -0.25) is 19.3 Å². The molecule has 15 nitrogen and oxygen atoms in total. The number of urea groups is 1. The van der Waals surface area contributed by atoms with E-state index < -0.39 is 42.1 Å². The fourth-order valence-corrected chi connectivity index (χ4v) is 4.27. The zero-order valence-electron chi connectivity index (χ0n) is 25.1. The monoisotopic (exact) mass is 598 g/mol. The minimum atomic E-state index is -1.25. The summed E-state index contributed by atoms with van der Waals surface area (Å²) < 4.78 is 7.68. The molecule has 0 bridgehead atoms. The predicted molar refractivity (Wildman–Crippen MR) is 152 cm³/mol. The third-order valence-corrected chi connectivity index (χ3v) is 6.72. The molecule has 0 saturated carbocycles. The van der Waals surface area contributed by atoms with E-state index in [0.717, 1.165) is 6.54 Å². The number of aromatic nitrogens is 2. The number of imidazole rings is 1. The minimum Gasteiger partial charge on any atom is -0.480 e. The standard InChI is InChI=1S/C27H46N6O9/c1-6-33(17-20-28-12-13-32(20)18-23(37)38)26(2,3)10-14-42-27(4,5)15-21(34)29-11-8-7-9-19(24(39)40)31-25(41)30-16-22(35)36/h12-13,19H,6-11,14-18H2,1-5H3,(H,29,34)(H,35,36)(H,37,38)(H,39,40)(H2,30,31,41). The molecule has 0 aliphatic rings. The number of nitrogens with zero attached hydrogens (tertiary/aromatic N) is 3. The lowest BCUT2D eigenvalue weighted by Crippen LogP contribution is -2.47. The molecule has 0 aromatic carbocycles. The Hall–Kier alpha value is -3.72. The Morgan fingerprint density at radius 1 is 1.05 bits per heavy atom. The van der Waals surface area contributed by atoms with Crippen LogP contribution in [-0.4, -0.2) is 103 Å². The average molecular weight is 599 g/mol. The molecule has 42 heavy (non-hydrogen) atoms. The summed E-state index contributed by atoms with van der Waals surface area (Å²) in [5.41, 5.74) is -1.01. The second-order valence-electron chi connectivity index (χ2n) is 11.2. The van der Waals surface area contributed by atoms with Gasteiger partial charge in [0.15, 0.2) is 0 Å². The molecule has 0 saturated heterocycles. The zero-order valence-corrected chi connectivity index (χ0v) is 25.1. The number of unbranched alkanes of at least 4 members (excludes halogenated alkanes) is 1. The van der Waals surface area contributed by atoms with Crippen LogP contribution in [0.15, 0.2) is 12.4 Å². The molecule has 1 aromatic rings. The molecule has 1 aromatic heterocycles. The van der Waals surface area contributed by atoms with Gasteiger partial charge in [-0.15, -0.1) is 0 Å². The van der Waals surface area contributed by atoms with Crippen molar-refractivity contribution in [2.75, 3.05) is 26.2 Å². The summed E-state index contributed by atoms with van der Waals surface area (Å²) in [7, 11) is 0. The lowest BCUT2D eigenvalue weighted by molar-refractivity contribution is -0.139. The Balaban J connectivity index is 2.43. The van der Waals surface area contributed by atoms with Crippen molar-refractivity contribution in [3.05, 3.63) is 18.2 Å². The second-order valence-corrected chi connectivity index (χ2v) is 11.2. The number of carbonyl (C=O) groups is 5. The van der Waals surface area contributed by atoms with Crippen LogP contribution in [0.5, 0.6) is 0 Å². The summed E-state index contributed by atoms with van der Waals surface area (Å²) in [6, 6.07) is -2.06. The van der Waals surface area contributed by atoms with E-state index in [1.54, 1.807) is 17.0 Å². The van der Waals surface area contributed by atoms with Crippen LogP contribution in [-0.2, 0) is 37.0 Å². The van der Waals surface area contributed by atoms with E-state index in [1.807, 2.05) is 26.1 Å². The highest BCUT2D eigenvalue weighted by molar-refractivity contribution is 5.84. The van der Waals surface area contributed by atoms with Gasteiger partial charge in [0.05, 0.1) is 18.6 Å². The minimum absolute atomic E-state index is 0.117. The van der Waals surface area contributed by atoms with Crippen LogP contribution in [0.4, 0.5) is 4.79 Å². The van der Waals surface area contributed by atoms with Crippen molar-refractivity contribution >= 4 is 29.8 Å². The van der Waals surface area contributed by atoms with Crippen LogP contribution in [0.2, 0.25) is 0 Å². The third kappa shape index (κ3) is 14.3.